The Morgan fingerprint density at radius 2 is 1.93 bits per heavy atom. The first kappa shape index (κ1) is 9.80. The zero-order chi connectivity index (χ0) is 10.8. The molecule has 0 atom stereocenters. The topological polar surface area (TPSA) is 53.1 Å². The average molecular weight is 222 g/mol. The van der Waals surface area contributed by atoms with Gasteiger partial charge in [-0.25, -0.2) is 0 Å². The fourth-order valence-corrected chi connectivity index (χ4v) is 1.59. The molecule has 0 fully saturated rings. The lowest BCUT2D eigenvalue weighted by molar-refractivity contribution is 0.474. The van der Waals surface area contributed by atoms with E-state index >= 15 is 0 Å². The first-order chi connectivity index (χ1) is 7.16. The van der Waals surface area contributed by atoms with Gasteiger partial charge >= 0.3 is 0 Å². The molecule has 2 aromatic rings. The Balaban J connectivity index is 2.64. The van der Waals surface area contributed by atoms with E-state index in [1.807, 2.05) is 6.07 Å². The van der Waals surface area contributed by atoms with Crippen LogP contribution in [0.1, 0.15) is 0 Å². The van der Waals surface area contributed by atoms with Crippen LogP contribution in [0.25, 0.3) is 11.3 Å². The molecule has 4 heteroatoms. The summed E-state index contributed by atoms with van der Waals surface area (Å²) in [7, 11) is 0. The fourth-order valence-electron chi connectivity index (χ4n) is 1.35. The molecule has 1 heterocycles. The number of aromatic hydroxyl groups is 1. The Labute approximate surface area is 91.0 Å². The van der Waals surface area contributed by atoms with E-state index < -0.39 is 0 Å². The van der Waals surface area contributed by atoms with Crippen molar-refractivity contribution in [2.24, 2.45) is 0 Å². The number of H-pyrrole nitrogens is 1. The molecule has 0 spiro atoms. The third-order valence-electron chi connectivity index (χ3n) is 1.99. The third kappa shape index (κ3) is 2.02. The Kier molecular flexibility index (Phi) is 2.47. The van der Waals surface area contributed by atoms with Gasteiger partial charge in [0.15, 0.2) is 0 Å². The summed E-state index contributed by atoms with van der Waals surface area (Å²) in [6.45, 7) is 0. The minimum absolute atomic E-state index is 0.0753. The van der Waals surface area contributed by atoms with Crippen LogP contribution in [0.15, 0.2) is 41.2 Å². The van der Waals surface area contributed by atoms with Crippen LogP contribution in [0.3, 0.4) is 0 Å². The van der Waals surface area contributed by atoms with Gasteiger partial charge in [-0.3, -0.25) is 4.79 Å². The maximum absolute atomic E-state index is 11.1. The van der Waals surface area contributed by atoms with Crippen LogP contribution in [0.2, 0.25) is 5.02 Å². The molecule has 1 aromatic carbocycles. The second-order valence-electron chi connectivity index (χ2n) is 3.10. The van der Waals surface area contributed by atoms with Crippen LogP contribution < -0.4 is 5.56 Å². The molecule has 3 nitrogen and oxygen atoms in total. The summed E-state index contributed by atoms with van der Waals surface area (Å²) >= 11 is 5.96. The molecule has 15 heavy (non-hydrogen) atoms. The third-order valence-corrected chi connectivity index (χ3v) is 2.32. The van der Waals surface area contributed by atoms with Gasteiger partial charge in [0.2, 0.25) is 0 Å². The molecule has 2 N–H and O–H groups in total. The first-order valence-corrected chi connectivity index (χ1v) is 4.73. The van der Waals surface area contributed by atoms with Crippen molar-refractivity contribution in [2.75, 3.05) is 0 Å². The van der Waals surface area contributed by atoms with E-state index in [-0.39, 0.29) is 11.3 Å². The maximum Gasteiger partial charge on any atom is 0.252 e. The summed E-state index contributed by atoms with van der Waals surface area (Å²) < 4.78 is 0. The highest BCUT2D eigenvalue weighted by Crippen LogP contribution is 2.26. The minimum Gasteiger partial charge on any atom is -0.508 e. The van der Waals surface area contributed by atoms with Crippen LogP contribution in [-0.2, 0) is 0 Å². The summed E-state index contributed by atoms with van der Waals surface area (Å²) in [6.07, 6.45) is 0. The van der Waals surface area contributed by atoms with Crippen molar-refractivity contribution in [3.05, 3.63) is 51.8 Å². The predicted octanol–water partition coefficient (Wildman–Crippen LogP) is 2.40. The van der Waals surface area contributed by atoms with Crippen LogP contribution in [0, 0.1) is 0 Å². The molecule has 0 aliphatic carbocycles. The molecule has 0 radical (unpaired) electrons. The summed E-state index contributed by atoms with van der Waals surface area (Å²) in [5, 5.41) is 9.81. The number of rotatable bonds is 1. The highest BCUT2D eigenvalue weighted by Gasteiger charge is 2.04. The van der Waals surface area contributed by atoms with Gasteiger partial charge in [0.05, 0.1) is 5.69 Å². The van der Waals surface area contributed by atoms with E-state index in [9.17, 15) is 9.90 Å². The second-order valence-corrected chi connectivity index (χ2v) is 3.50. The van der Waals surface area contributed by atoms with Gasteiger partial charge in [-0.05, 0) is 6.07 Å². The number of nitrogens with one attached hydrogen (secondary N) is 1. The molecule has 0 bridgehead atoms. The smallest absolute Gasteiger partial charge is 0.252 e. The van der Waals surface area contributed by atoms with Gasteiger partial charge < -0.3 is 10.1 Å². The predicted molar refractivity (Wildman–Crippen MR) is 59.2 cm³/mol. The van der Waals surface area contributed by atoms with E-state index in [0.717, 1.165) is 6.07 Å². The van der Waals surface area contributed by atoms with Crippen LogP contribution in [-0.4, -0.2) is 10.1 Å². The number of aromatic amines is 1. The molecular formula is C11H8ClNO2. The largest absolute Gasteiger partial charge is 0.508 e. The Morgan fingerprint density at radius 1 is 1.20 bits per heavy atom. The van der Waals surface area contributed by atoms with Gasteiger partial charge in [-0.2, -0.15) is 0 Å². The summed E-state index contributed by atoms with van der Waals surface area (Å²) in [5.74, 6) is -0.0753. The van der Waals surface area contributed by atoms with Gasteiger partial charge in [0.25, 0.3) is 5.56 Å². The molecule has 0 aliphatic heterocycles. The monoisotopic (exact) mass is 221 g/mol. The zero-order valence-corrected chi connectivity index (χ0v) is 8.45. The van der Waals surface area contributed by atoms with E-state index in [4.69, 9.17) is 11.6 Å². The Bertz CT molecular complexity index is 548. The number of hydrogen-bond acceptors (Lipinski definition) is 2. The van der Waals surface area contributed by atoms with Crippen LogP contribution in [0.5, 0.6) is 5.75 Å². The van der Waals surface area contributed by atoms with Crippen LogP contribution in [0.4, 0.5) is 0 Å². The molecule has 2 rings (SSSR count). The summed E-state index contributed by atoms with van der Waals surface area (Å²) in [4.78, 5) is 13.7. The van der Waals surface area contributed by atoms with E-state index in [1.165, 1.54) is 6.07 Å². The molecule has 0 saturated heterocycles. The summed E-state index contributed by atoms with van der Waals surface area (Å²) in [6, 6.07) is 9.67. The standard InChI is InChI=1S/C11H8ClNO2/c12-9-4-2-1-3-8(9)10-5-7(14)6-11(15)13-10/h1-6H,(H2,13,14,15). The number of hydrogen-bond donors (Lipinski definition) is 2. The van der Waals surface area contributed by atoms with Gasteiger partial charge in [0.1, 0.15) is 5.75 Å². The molecule has 0 aliphatic rings. The van der Waals surface area contributed by atoms with Crippen molar-refractivity contribution in [1.82, 2.24) is 4.98 Å². The van der Waals surface area contributed by atoms with Crippen molar-refractivity contribution in [3.63, 3.8) is 0 Å². The highest BCUT2D eigenvalue weighted by atomic mass is 35.5. The minimum atomic E-state index is -0.357. The number of pyridine rings is 1. The maximum atomic E-state index is 11.1. The zero-order valence-electron chi connectivity index (χ0n) is 7.70. The molecule has 1 aromatic heterocycles. The van der Waals surface area contributed by atoms with Gasteiger partial charge in [0, 0.05) is 22.7 Å². The fraction of sp³-hybridized carbons (Fsp3) is 0. The van der Waals surface area contributed by atoms with Crippen molar-refractivity contribution in [2.45, 2.75) is 0 Å². The van der Waals surface area contributed by atoms with E-state index in [0.29, 0.717) is 16.3 Å². The van der Waals surface area contributed by atoms with E-state index in [1.54, 1.807) is 18.2 Å². The number of aromatic nitrogens is 1. The lowest BCUT2D eigenvalue weighted by Gasteiger charge is -2.03. The molecule has 0 amide bonds. The molecular weight excluding hydrogens is 214 g/mol. The Morgan fingerprint density at radius 3 is 2.60 bits per heavy atom. The average Bonchev–Trinajstić information content (AvgIpc) is 2.16. The lowest BCUT2D eigenvalue weighted by atomic mass is 10.1. The number of halogens is 1. The normalized spacial score (nSPS) is 10.2. The molecule has 76 valence electrons. The van der Waals surface area contributed by atoms with Crippen molar-refractivity contribution in [3.8, 4) is 17.0 Å². The van der Waals surface area contributed by atoms with Gasteiger partial charge in [-0.1, -0.05) is 29.8 Å². The van der Waals surface area contributed by atoms with Crippen LogP contribution >= 0.6 is 11.6 Å². The highest BCUT2D eigenvalue weighted by molar-refractivity contribution is 6.33. The lowest BCUT2D eigenvalue weighted by Crippen LogP contribution is -2.04. The SMILES string of the molecule is O=c1cc(O)cc(-c2ccccc2Cl)[nH]1. The number of benzene rings is 1. The quantitative estimate of drug-likeness (QED) is 0.777. The molecule has 0 unspecified atom stereocenters. The molecule has 0 saturated carbocycles. The summed E-state index contributed by atoms with van der Waals surface area (Å²) in [5.41, 5.74) is 0.836. The van der Waals surface area contributed by atoms with E-state index in [2.05, 4.69) is 4.98 Å². The van der Waals surface area contributed by atoms with Crippen molar-refractivity contribution in [1.29, 1.82) is 0 Å². The van der Waals surface area contributed by atoms with Crippen molar-refractivity contribution >= 4 is 11.6 Å². The second kappa shape index (κ2) is 3.79. The van der Waals surface area contributed by atoms with Crippen molar-refractivity contribution < 1.29 is 5.11 Å². The Hall–Kier alpha value is -1.74. The first-order valence-electron chi connectivity index (χ1n) is 4.35. The van der Waals surface area contributed by atoms with Gasteiger partial charge in [-0.15, -0.1) is 0 Å².